The van der Waals surface area contributed by atoms with Crippen molar-refractivity contribution < 1.29 is 22.7 Å². The zero-order valence-corrected chi connectivity index (χ0v) is 15.0. The van der Waals surface area contributed by atoms with E-state index in [9.17, 15) is 18.0 Å². The third-order valence-corrected chi connectivity index (χ3v) is 4.13. The number of amides is 1. The molecule has 0 saturated carbocycles. The molecule has 0 unspecified atom stereocenters. The Bertz CT molecular complexity index is 651. The van der Waals surface area contributed by atoms with Gasteiger partial charge in [0.05, 0.1) is 16.4 Å². The SMILES string of the molecule is CC(C)(C)OC(=O)N1CCC(c2nc(C(F)(F)F)c(Cl)cc2N)CC1. The largest absolute Gasteiger partial charge is 0.444 e. The predicted octanol–water partition coefficient (Wildman–Crippen LogP) is 4.45. The zero-order chi connectivity index (χ0) is 19.0. The summed E-state index contributed by atoms with van der Waals surface area (Å²) in [6.45, 7) is 6.05. The van der Waals surface area contributed by atoms with Crippen molar-refractivity contribution in [1.82, 2.24) is 9.88 Å². The number of hydrogen-bond donors (Lipinski definition) is 1. The van der Waals surface area contributed by atoms with Crippen LogP contribution in [0.1, 0.15) is 50.9 Å². The highest BCUT2D eigenvalue weighted by Gasteiger charge is 2.37. The fraction of sp³-hybridized carbons (Fsp3) is 0.625. The average molecular weight is 380 g/mol. The van der Waals surface area contributed by atoms with Crippen molar-refractivity contribution in [3.63, 3.8) is 0 Å². The maximum atomic E-state index is 13.0. The average Bonchev–Trinajstić information content (AvgIpc) is 2.44. The molecule has 2 rings (SSSR count). The molecule has 1 aromatic heterocycles. The molecule has 2 heterocycles. The summed E-state index contributed by atoms with van der Waals surface area (Å²) in [7, 11) is 0. The first kappa shape index (κ1) is 19.6. The molecule has 0 aromatic carbocycles. The summed E-state index contributed by atoms with van der Waals surface area (Å²) >= 11 is 5.62. The highest BCUT2D eigenvalue weighted by atomic mass is 35.5. The predicted molar refractivity (Wildman–Crippen MR) is 88.4 cm³/mol. The molecule has 2 N–H and O–H groups in total. The number of ether oxygens (including phenoxy) is 1. The summed E-state index contributed by atoms with van der Waals surface area (Å²) in [5.74, 6) is -0.267. The lowest BCUT2D eigenvalue weighted by Crippen LogP contribution is -2.41. The van der Waals surface area contributed by atoms with E-state index in [1.54, 1.807) is 25.7 Å². The van der Waals surface area contributed by atoms with Gasteiger partial charge in [-0.1, -0.05) is 11.6 Å². The Morgan fingerprint density at radius 3 is 2.36 bits per heavy atom. The molecule has 0 atom stereocenters. The van der Waals surface area contributed by atoms with Gasteiger partial charge in [0.15, 0.2) is 5.69 Å². The molecule has 1 amide bonds. The quantitative estimate of drug-likeness (QED) is 0.782. The van der Waals surface area contributed by atoms with Crippen LogP contribution in [0.5, 0.6) is 0 Å². The monoisotopic (exact) mass is 379 g/mol. The van der Waals surface area contributed by atoms with Gasteiger partial charge >= 0.3 is 12.3 Å². The van der Waals surface area contributed by atoms with Crippen LogP contribution in [0, 0.1) is 0 Å². The van der Waals surface area contributed by atoms with Crippen LogP contribution in [0.3, 0.4) is 0 Å². The summed E-state index contributed by atoms with van der Waals surface area (Å²) in [4.78, 5) is 17.3. The van der Waals surface area contributed by atoms with Crippen molar-refractivity contribution in [2.75, 3.05) is 18.8 Å². The van der Waals surface area contributed by atoms with E-state index in [0.717, 1.165) is 6.07 Å². The van der Waals surface area contributed by atoms with Crippen LogP contribution in [-0.2, 0) is 10.9 Å². The van der Waals surface area contributed by atoms with Gasteiger partial charge in [-0.05, 0) is 39.7 Å². The number of carbonyl (C=O) groups is 1. The van der Waals surface area contributed by atoms with Crippen LogP contribution in [0.2, 0.25) is 5.02 Å². The van der Waals surface area contributed by atoms with E-state index >= 15 is 0 Å². The topological polar surface area (TPSA) is 68.5 Å². The van der Waals surface area contributed by atoms with E-state index in [1.165, 1.54) is 0 Å². The number of alkyl halides is 3. The second-order valence-corrected chi connectivity index (χ2v) is 7.44. The molecule has 1 aliphatic rings. The minimum Gasteiger partial charge on any atom is -0.444 e. The van der Waals surface area contributed by atoms with Crippen LogP contribution >= 0.6 is 11.6 Å². The van der Waals surface area contributed by atoms with E-state index in [-0.39, 0.29) is 17.3 Å². The lowest BCUT2D eigenvalue weighted by Gasteiger charge is -2.33. The zero-order valence-electron chi connectivity index (χ0n) is 14.3. The minimum absolute atomic E-state index is 0.133. The molecule has 0 spiro atoms. The van der Waals surface area contributed by atoms with E-state index in [1.807, 2.05) is 0 Å². The maximum Gasteiger partial charge on any atom is 0.434 e. The summed E-state index contributed by atoms with van der Waals surface area (Å²) in [6.07, 6.45) is -4.17. The molecule has 1 fully saturated rings. The lowest BCUT2D eigenvalue weighted by atomic mass is 9.92. The third-order valence-electron chi connectivity index (χ3n) is 3.84. The molecule has 1 aliphatic heterocycles. The number of halogens is 4. The van der Waals surface area contributed by atoms with Crippen LogP contribution in [0.25, 0.3) is 0 Å². The smallest absolute Gasteiger partial charge is 0.434 e. The first-order chi connectivity index (χ1) is 11.4. The van der Waals surface area contributed by atoms with Crippen molar-refractivity contribution in [2.24, 2.45) is 0 Å². The Morgan fingerprint density at radius 1 is 1.32 bits per heavy atom. The van der Waals surface area contributed by atoms with Gasteiger partial charge in [-0.3, -0.25) is 0 Å². The number of aromatic nitrogens is 1. The number of anilines is 1. The van der Waals surface area contributed by atoms with Crippen molar-refractivity contribution in [2.45, 2.75) is 51.3 Å². The number of nitrogens with two attached hydrogens (primary N) is 1. The standard InChI is InChI=1S/C16H21ClF3N3O2/c1-15(2,3)25-14(24)23-6-4-9(5-7-23)12-11(21)8-10(17)13(22-12)16(18,19)20/h8-9H,4-7,21H2,1-3H3. The Hall–Kier alpha value is -1.70. The summed E-state index contributed by atoms with van der Waals surface area (Å²) < 4.78 is 44.3. The number of likely N-dealkylation sites (tertiary alicyclic amines) is 1. The van der Waals surface area contributed by atoms with Gasteiger partial charge in [0.1, 0.15) is 5.60 Å². The van der Waals surface area contributed by atoms with Gasteiger partial charge in [-0.15, -0.1) is 0 Å². The molecule has 1 aromatic rings. The van der Waals surface area contributed by atoms with Gasteiger partial charge < -0.3 is 15.4 Å². The van der Waals surface area contributed by atoms with Gasteiger partial charge in [-0.25, -0.2) is 9.78 Å². The van der Waals surface area contributed by atoms with Crippen molar-refractivity contribution >= 4 is 23.4 Å². The van der Waals surface area contributed by atoms with Crippen LogP contribution in [-0.4, -0.2) is 34.7 Å². The molecule has 25 heavy (non-hydrogen) atoms. The molecule has 5 nitrogen and oxygen atoms in total. The highest BCUT2D eigenvalue weighted by molar-refractivity contribution is 6.31. The molecule has 0 radical (unpaired) electrons. The molecule has 0 bridgehead atoms. The van der Waals surface area contributed by atoms with E-state index in [4.69, 9.17) is 22.1 Å². The second kappa shape index (κ2) is 6.90. The Kier molecular flexibility index (Phi) is 5.41. The van der Waals surface area contributed by atoms with Crippen LogP contribution in [0.15, 0.2) is 6.07 Å². The summed E-state index contributed by atoms with van der Waals surface area (Å²) in [5.41, 5.74) is 4.41. The fourth-order valence-corrected chi connectivity index (χ4v) is 2.97. The first-order valence-electron chi connectivity index (χ1n) is 7.89. The summed E-state index contributed by atoms with van der Waals surface area (Å²) in [6, 6.07) is 1.09. The van der Waals surface area contributed by atoms with Crippen molar-refractivity contribution in [3.8, 4) is 0 Å². The van der Waals surface area contributed by atoms with Crippen LogP contribution < -0.4 is 5.73 Å². The first-order valence-corrected chi connectivity index (χ1v) is 8.27. The Balaban J connectivity index is 2.12. The third kappa shape index (κ3) is 4.90. The van der Waals surface area contributed by atoms with E-state index in [2.05, 4.69) is 4.98 Å². The number of piperidine rings is 1. The number of nitrogen functional groups attached to an aromatic ring is 1. The molecule has 140 valence electrons. The molecular weight excluding hydrogens is 359 g/mol. The Labute approximate surface area is 149 Å². The van der Waals surface area contributed by atoms with Gasteiger partial charge in [0.25, 0.3) is 0 Å². The lowest BCUT2D eigenvalue weighted by molar-refractivity contribution is -0.141. The van der Waals surface area contributed by atoms with Crippen molar-refractivity contribution in [1.29, 1.82) is 0 Å². The normalized spacial score (nSPS) is 16.8. The highest BCUT2D eigenvalue weighted by Crippen LogP contribution is 2.38. The number of hydrogen-bond acceptors (Lipinski definition) is 4. The number of nitrogens with zero attached hydrogens (tertiary/aromatic N) is 2. The molecular formula is C16H21ClF3N3O2. The van der Waals surface area contributed by atoms with Gasteiger partial charge in [0.2, 0.25) is 0 Å². The van der Waals surface area contributed by atoms with E-state index in [0.29, 0.717) is 25.9 Å². The molecule has 1 saturated heterocycles. The molecule has 0 aliphatic carbocycles. The van der Waals surface area contributed by atoms with Crippen LogP contribution in [0.4, 0.5) is 23.7 Å². The van der Waals surface area contributed by atoms with Crippen molar-refractivity contribution in [3.05, 3.63) is 22.5 Å². The minimum atomic E-state index is -4.64. The van der Waals surface area contributed by atoms with Gasteiger partial charge in [0, 0.05) is 19.0 Å². The number of pyridine rings is 1. The maximum absolute atomic E-state index is 13.0. The molecule has 9 heteroatoms. The number of carbonyl (C=O) groups excluding carboxylic acids is 1. The van der Waals surface area contributed by atoms with Gasteiger partial charge in [-0.2, -0.15) is 13.2 Å². The number of rotatable bonds is 1. The summed E-state index contributed by atoms with van der Waals surface area (Å²) in [5, 5.41) is -0.514. The second-order valence-electron chi connectivity index (χ2n) is 7.03. The fourth-order valence-electron chi connectivity index (χ4n) is 2.70. The van der Waals surface area contributed by atoms with E-state index < -0.39 is 28.6 Å². The Morgan fingerprint density at radius 2 is 1.88 bits per heavy atom.